The van der Waals surface area contributed by atoms with E-state index < -0.39 is 33.1 Å². The molecule has 1 heterocycles. The SMILES string of the molecule is CCc1ccc(S(=O)(=O)n2cc(F)c(=NC(=O)OC)n(C)c2=O)cc1. The predicted molar refractivity (Wildman–Crippen MR) is 86.0 cm³/mol. The lowest BCUT2D eigenvalue weighted by Crippen LogP contribution is -2.42. The van der Waals surface area contributed by atoms with Gasteiger partial charge in [-0.15, -0.1) is 0 Å². The number of hydrogen-bond donors (Lipinski definition) is 0. The molecule has 0 bridgehead atoms. The standard InChI is InChI=1S/C15H16FN3O5S/c1-4-10-5-7-11(8-6-10)25(22,23)19-9-12(16)13(17-14(20)24-3)18(2)15(19)21/h5-9H,4H2,1-3H3. The fourth-order valence-electron chi connectivity index (χ4n) is 2.06. The van der Waals surface area contributed by atoms with Gasteiger partial charge in [-0.05, 0) is 24.1 Å². The minimum absolute atomic E-state index is 0.163. The van der Waals surface area contributed by atoms with Crippen LogP contribution in [0.25, 0.3) is 0 Å². The van der Waals surface area contributed by atoms with E-state index in [-0.39, 0.29) is 8.87 Å². The first-order valence-electron chi connectivity index (χ1n) is 7.17. The topological polar surface area (TPSA) is 99.7 Å². The number of benzene rings is 1. The zero-order valence-electron chi connectivity index (χ0n) is 13.8. The van der Waals surface area contributed by atoms with Crippen LogP contribution in [-0.2, 0) is 28.2 Å². The maximum absolute atomic E-state index is 14.2. The Hall–Kier alpha value is -2.75. The third-order valence-corrected chi connectivity index (χ3v) is 5.14. The van der Waals surface area contributed by atoms with Gasteiger partial charge in [0.05, 0.1) is 18.2 Å². The molecule has 2 aromatic rings. The van der Waals surface area contributed by atoms with Crippen molar-refractivity contribution in [1.29, 1.82) is 0 Å². The van der Waals surface area contributed by atoms with E-state index in [1.807, 2.05) is 6.92 Å². The van der Waals surface area contributed by atoms with Crippen molar-refractivity contribution in [3.63, 3.8) is 0 Å². The Balaban J connectivity index is 2.69. The van der Waals surface area contributed by atoms with Crippen molar-refractivity contribution in [1.82, 2.24) is 8.54 Å². The van der Waals surface area contributed by atoms with Gasteiger partial charge >= 0.3 is 11.8 Å². The van der Waals surface area contributed by atoms with Gasteiger partial charge in [-0.25, -0.2) is 22.4 Å². The minimum Gasteiger partial charge on any atom is -0.451 e. The Kier molecular flexibility index (Phi) is 5.21. The Bertz CT molecular complexity index is 1040. The van der Waals surface area contributed by atoms with Crippen molar-refractivity contribution in [3.05, 3.63) is 57.8 Å². The zero-order valence-corrected chi connectivity index (χ0v) is 14.6. The molecule has 25 heavy (non-hydrogen) atoms. The third kappa shape index (κ3) is 3.53. The molecule has 0 radical (unpaired) electrons. The van der Waals surface area contributed by atoms with Crippen molar-refractivity contribution < 1.29 is 22.3 Å². The van der Waals surface area contributed by atoms with E-state index in [9.17, 15) is 22.4 Å². The Labute approximate surface area is 142 Å². The van der Waals surface area contributed by atoms with Gasteiger partial charge in [-0.1, -0.05) is 19.1 Å². The van der Waals surface area contributed by atoms with E-state index in [4.69, 9.17) is 0 Å². The molecule has 0 fully saturated rings. The van der Waals surface area contributed by atoms with Crippen LogP contribution < -0.4 is 11.2 Å². The maximum Gasteiger partial charge on any atom is 0.435 e. The number of carbonyl (C=O) groups excluding carboxylic acids is 1. The molecular formula is C15H16FN3O5S. The molecule has 10 heteroatoms. The third-order valence-electron chi connectivity index (χ3n) is 3.50. The number of aromatic nitrogens is 2. The molecule has 2 rings (SSSR count). The van der Waals surface area contributed by atoms with Crippen LogP contribution >= 0.6 is 0 Å². The highest BCUT2D eigenvalue weighted by molar-refractivity contribution is 7.90. The summed E-state index contributed by atoms with van der Waals surface area (Å²) in [6.07, 6.45) is 0.0745. The van der Waals surface area contributed by atoms with Gasteiger partial charge < -0.3 is 4.74 Å². The van der Waals surface area contributed by atoms with Crippen LogP contribution in [0.4, 0.5) is 9.18 Å². The molecule has 0 N–H and O–H groups in total. The maximum atomic E-state index is 14.2. The molecule has 0 spiro atoms. The van der Waals surface area contributed by atoms with Crippen LogP contribution in [0.3, 0.4) is 0 Å². The predicted octanol–water partition coefficient (Wildman–Crippen LogP) is 0.792. The fourth-order valence-corrected chi connectivity index (χ4v) is 3.32. The second kappa shape index (κ2) is 7.01. The van der Waals surface area contributed by atoms with Crippen LogP contribution in [-0.4, -0.2) is 30.2 Å². The number of rotatable bonds is 3. The summed E-state index contributed by atoms with van der Waals surface area (Å²) in [4.78, 5) is 26.6. The highest BCUT2D eigenvalue weighted by Crippen LogP contribution is 2.13. The quantitative estimate of drug-likeness (QED) is 0.796. The van der Waals surface area contributed by atoms with Gasteiger partial charge in [0.25, 0.3) is 10.0 Å². The zero-order chi connectivity index (χ0) is 18.8. The lowest BCUT2D eigenvalue weighted by molar-refractivity contribution is 0.181. The average molecular weight is 369 g/mol. The Morgan fingerprint density at radius 2 is 1.88 bits per heavy atom. The summed E-state index contributed by atoms with van der Waals surface area (Å²) in [5.74, 6) is -1.17. The molecule has 0 aliphatic heterocycles. The molecular weight excluding hydrogens is 353 g/mol. The molecule has 0 aliphatic rings. The molecule has 8 nitrogen and oxygen atoms in total. The van der Waals surface area contributed by atoms with Gasteiger partial charge in [0.2, 0.25) is 0 Å². The number of amides is 1. The van der Waals surface area contributed by atoms with Gasteiger partial charge in [-0.3, -0.25) is 4.57 Å². The highest BCUT2D eigenvalue weighted by Gasteiger charge is 2.21. The van der Waals surface area contributed by atoms with E-state index in [2.05, 4.69) is 9.73 Å². The van der Waals surface area contributed by atoms with Crippen LogP contribution in [0, 0.1) is 5.82 Å². The first kappa shape index (κ1) is 18.6. The Morgan fingerprint density at radius 3 is 2.40 bits per heavy atom. The van der Waals surface area contributed by atoms with Crippen LogP contribution in [0.1, 0.15) is 12.5 Å². The summed E-state index contributed by atoms with van der Waals surface area (Å²) in [5.41, 5.74) is -0.802. The van der Waals surface area contributed by atoms with Gasteiger partial charge in [0, 0.05) is 7.05 Å². The largest absolute Gasteiger partial charge is 0.451 e. The Morgan fingerprint density at radius 1 is 1.28 bits per heavy atom. The van der Waals surface area contributed by atoms with Crippen LogP contribution in [0.5, 0.6) is 0 Å². The lowest BCUT2D eigenvalue weighted by atomic mass is 10.2. The van der Waals surface area contributed by atoms with E-state index >= 15 is 0 Å². The summed E-state index contributed by atoms with van der Waals surface area (Å²) in [6.45, 7) is 1.91. The van der Waals surface area contributed by atoms with Gasteiger partial charge in [-0.2, -0.15) is 8.96 Å². The first-order chi connectivity index (χ1) is 11.7. The minimum atomic E-state index is -4.30. The normalized spacial score (nSPS) is 12.2. The van der Waals surface area contributed by atoms with E-state index in [0.29, 0.717) is 17.2 Å². The van der Waals surface area contributed by atoms with Gasteiger partial charge in [0.1, 0.15) is 0 Å². The summed E-state index contributed by atoms with van der Waals surface area (Å²) in [5, 5.41) is 0. The van der Waals surface area contributed by atoms with E-state index in [1.165, 1.54) is 12.1 Å². The number of methoxy groups -OCH3 is 1. The summed E-state index contributed by atoms with van der Waals surface area (Å²) in [6, 6.07) is 5.89. The second-order valence-corrected chi connectivity index (χ2v) is 6.84. The molecule has 0 saturated carbocycles. The molecule has 1 aromatic carbocycles. The summed E-state index contributed by atoms with van der Waals surface area (Å²) < 4.78 is 44.6. The molecule has 1 amide bonds. The molecule has 0 atom stereocenters. The fraction of sp³-hybridized carbons (Fsp3) is 0.267. The molecule has 1 aromatic heterocycles. The van der Waals surface area contributed by atoms with Gasteiger partial charge in [0.15, 0.2) is 11.3 Å². The number of carbonyl (C=O) groups is 1. The highest BCUT2D eigenvalue weighted by atomic mass is 32.2. The lowest BCUT2D eigenvalue weighted by Gasteiger charge is -2.10. The number of hydrogen-bond acceptors (Lipinski definition) is 5. The number of halogens is 1. The van der Waals surface area contributed by atoms with E-state index in [0.717, 1.165) is 19.7 Å². The summed E-state index contributed by atoms with van der Waals surface area (Å²) in [7, 11) is -2.17. The molecule has 0 unspecified atom stereocenters. The molecule has 134 valence electrons. The van der Waals surface area contributed by atoms with Crippen molar-refractivity contribution in [2.24, 2.45) is 12.0 Å². The van der Waals surface area contributed by atoms with Crippen LogP contribution in [0.2, 0.25) is 0 Å². The van der Waals surface area contributed by atoms with Crippen molar-refractivity contribution >= 4 is 16.1 Å². The monoisotopic (exact) mass is 369 g/mol. The van der Waals surface area contributed by atoms with Crippen molar-refractivity contribution in [2.75, 3.05) is 7.11 Å². The average Bonchev–Trinajstić information content (AvgIpc) is 2.61. The van der Waals surface area contributed by atoms with Crippen molar-refractivity contribution in [3.8, 4) is 0 Å². The van der Waals surface area contributed by atoms with E-state index in [1.54, 1.807) is 12.1 Å². The number of nitrogens with zero attached hydrogens (tertiary/aromatic N) is 3. The molecule has 0 saturated heterocycles. The van der Waals surface area contributed by atoms with Crippen molar-refractivity contribution in [2.45, 2.75) is 18.2 Å². The smallest absolute Gasteiger partial charge is 0.435 e. The van der Waals surface area contributed by atoms with Crippen LogP contribution in [0.15, 0.2) is 45.1 Å². The second-order valence-electron chi connectivity index (χ2n) is 5.02. The summed E-state index contributed by atoms with van der Waals surface area (Å²) >= 11 is 0. The number of aryl methyl sites for hydroxylation is 1. The molecule has 0 aliphatic carbocycles. The first-order valence-corrected chi connectivity index (χ1v) is 8.61. The number of ether oxygens (including phenoxy) is 1.